The molecule has 0 aliphatic heterocycles. The maximum absolute atomic E-state index is 12.6. The number of hydrogen-bond donors (Lipinski definition) is 1. The second-order valence-corrected chi connectivity index (χ2v) is 8.76. The van der Waals surface area contributed by atoms with E-state index in [-0.39, 0.29) is 18.1 Å². The normalized spacial score (nSPS) is 29.3. The minimum atomic E-state index is -0.424. The van der Waals surface area contributed by atoms with Crippen LogP contribution in [-0.2, 0) is 9.47 Å². The lowest BCUT2D eigenvalue weighted by atomic mass is 9.75. The second-order valence-electron chi connectivity index (χ2n) is 8.76. The van der Waals surface area contributed by atoms with Crippen LogP contribution in [0.15, 0.2) is 42.5 Å². The maximum Gasteiger partial charge on any atom is 0.408 e. The number of allylic oxidation sites excluding steroid dienone is 1. The molecule has 1 aromatic rings. The fraction of sp³-hybridized carbons (Fsp3) is 0.583. The number of esters is 1. The molecule has 5 heteroatoms. The molecule has 158 valence electrons. The summed E-state index contributed by atoms with van der Waals surface area (Å²) in [6.07, 6.45) is 7.71. The summed E-state index contributed by atoms with van der Waals surface area (Å²) in [5, 5.41) is 2.92. The van der Waals surface area contributed by atoms with Crippen LogP contribution in [0, 0.1) is 17.8 Å². The third kappa shape index (κ3) is 5.84. The van der Waals surface area contributed by atoms with Gasteiger partial charge >= 0.3 is 12.1 Å². The quantitative estimate of drug-likeness (QED) is 0.551. The van der Waals surface area contributed by atoms with E-state index in [2.05, 4.69) is 26.1 Å². The van der Waals surface area contributed by atoms with E-state index in [0.29, 0.717) is 29.7 Å². The third-order valence-corrected chi connectivity index (χ3v) is 6.13. The zero-order valence-corrected chi connectivity index (χ0v) is 17.7. The molecular weight excluding hydrogens is 366 g/mol. The van der Waals surface area contributed by atoms with E-state index in [0.717, 1.165) is 19.3 Å². The van der Waals surface area contributed by atoms with E-state index in [1.807, 2.05) is 18.2 Å². The highest BCUT2D eigenvalue weighted by Gasteiger charge is 2.34. The van der Waals surface area contributed by atoms with Gasteiger partial charge in [-0.2, -0.15) is 0 Å². The summed E-state index contributed by atoms with van der Waals surface area (Å²) in [4.78, 5) is 25.1. The molecule has 1 saturated carbocycles. The molecule has 2 aliphatic rings. The standard InChI is InChI=1S/C24H33NO4/c1-16(2)19-14-13-17(3)15-22(19)29-24(27)25-20-11-7-8-12-21(20)28-23(26)18-9-5-4-6-10-18/h4-7,9-11,16-17,19-22H,8,12-15H2,1-3H3,(H,25,27)/t17-,19+,20+,21+,22-/m1/s1. The number of alkyl carbamates (subject to hydrolysis) is 1. The average molecular weight is 400 g/mol. The molecule has 3 rings (SSSR count). The van der Waals surface area contributed by atoms with Gasteiger partial charge in [-0.05, 0) is 55.6 Å². The summed E-state index contributed by atoms with van der Waals surface area (Å²) in [6, 6.07) is 8.56. The van der Waals surface area contributed by atoms with Gasteiger partial charge in [-0.3, -0.25) is 0 Å². The van der Waals surface area contributed by atoms with E-state index < -0.39 is 12.2 Å². The minimum Gasteiger partial charge on any atom is -0.456 e. The van der Waals surface area contributed by atoms with Gasteiger partial charge in [0.05, 0.1) is 11.6 Å². The largest absolute Gasteiger partial charge is 0.456 e. The average Bonchev–Trinajstić information content (AvgIpc) is 2.70. The monoisotopic (exact) mass is 399 g/mol. The first-order chi connectivity index (χ1) is 13.9. The maximum atomic E-state index is 12.6. The van der Waals surface area contributed by atoms with Crippen LogP contribution in [0.5, 0.6) is 0 Å². The molecule has 1 N–H and O–H groups in total. The molecule has 0 unspecified atom stereocenters. The Kier molecular flexibility index (Phi) is 7.34. The lowest BCUT2D eigenvalue weighted by molar-refractivity contribution is -0.00142. The van der Waals surface area contributed by atoms with Crippen molar-refractivity contribution in [2.75, 3.05) is 0 Å². The Bertz CT molecular complexity index is 715. The van der Waals surface area contributed by atoms with Crippen molar-refractivity contribution < 1.29 is 19.1 Å². The van der Waals surface area contributed by atoms with Crippen molar-refractivity contribution in [3.8, 4) is 0 Å². The van der Waals surface area contributed by atoms with Crippen molar-refractivity contribution in [2.24, 2.45) is 17.8 Å². The highest BCUT2D eigenvalue weighted by molar-refractivity contribution is 5.89. The molecule has 0 saturated heterocycles. The van der Waals surface area contributed by atoms with Gasteiger partial charge < -0.3 is 14.8 Å². The van der Waals surface area contributed by atoms with Crippen molar-refractivity contribution in [3.05, 3.63) is 48.0 Å². The Morgan fingerprint density at radius 1 is 1.03 bits per heavy atom. The molecule has 1 fully saturated rings. The van der Waals surface area contributed by atoms with E-state index in [1.165, 1.54) is 6.42 Å². The molecule has 0 bridgehead atoms. The first-order valence-electron chi connectivity index (χ1n) is 10.8. The summed E-state index contributed by atoms with van der Waals surface area (Å²) in [6.45, 7) is 6.60. The fourth-order valence-corrected chi connectivity index (χ4v) is 4.42. The Balaban J connectivity index is 1.59. The first-order valence-corrected chi connectivity index (χ1v) is 10.8. The van der Waals surface area contributed by atoms with Crippen LogP contribution in [0.3, 0.4) is 0 Å². The number of rotatable bonds is 5. The molecule has 1 aromatic carbocycles. The van der Waals surface area contributed by atoms with Gasteiger partial charge in [0, 0.05) is 0 Å². The summed E-state index contributed by atoms with van der Waals surface area (Å²) in [5.74, 6) is 1.07. The highest BCUT2D eigenvalue weighted by atomic mass is 16.6. The summed E-state index contributed by atoms with van der Waals surface area (Å²) in [5.41, 5.74) is 0.513. The molecule has 5 nitrogen and oxygen atoms in total. The zero-order chi connectivity index (χ0) is 20.8. The van der Waals surface area contributed by atoms with Gasteiger partial charge in [-0.15, -0.1) is 0 Å². The third-order valence-electron chi connectivity index (χ3n) is 6.13. The van der Waals surface area contributed by atoms with Gasteiger partial charge in [-0.25, -0.2) is 9.59 Å². The Labute approximate surface area is 173 Å². The smallest absolute Gasteiger partial charge is 0.408 e. The molecule has 2 aliphatic carbocycles. The molecule has 5 atom stereocenters. The molecule has 0 aromatic heterocycles. The SMILES string of the molecule is CC(C)[C@@H]1CC[C@@H](C)C[C@H]1OC(=O)N[C@H]1C=CCC[C@@H]1OC(=O)c1ccccc1. The van der Waals surface area contributed by atoms with Crippen LogP contribution in [0.1, 0.15) is 63.2 Å². The van der Waals surface area contributed by atoms with Crippen LogP contribution < -0.4 is 5.32 Å². The number of hydrogen-bond acceptors (Lipinski definition) is 4. The number of benzene rings is 1. The highest BCUT2D eigenvalue weighted by Crippen LogP contribution is 2.35. The summed E-state index contributed by atoms with van der Waals surface area (Å²) < 4.78 is 11.5. The Morgan fingerprint density at radius 3 is 2.52 bits per heavy atom. The van der Waals surface area contributed by atoms with E-state index in [9.17, 15) is 9.59 Å². The van der Waals surface area contributed by atoms with Gasteiger partial charge in [0.1, 0.15) is 12.2 Å². The zero-order valence-electron chi connectivity index (χ0n) is 17.7. The van der Waals surface area contributed by atoms with Gasteiger partial charge in [0.2, 0.25) is 0 Å². The van der Waals surface area contributed by atoms with Gasteiger partial charge in [0.25, 0.3) is 0 Å². The predicted molar refractivity (Wildman–Crippen MR) is 113 cm³/mol. The van der Waals surface area contributed by atoms with Crippen molar-refractivity contribution in [1.82, 2.24) is 5.32 Å². The predicted octanol–water partition coefficient (Wildman–Crippen LogP) is 5.12. The molecule has 1 amide bonds. The molecule has 0 spiro atoms. The molecule has 0 heterocycles. The lowest BCUT2D eigenvalue weighted by Crippen LogP contribution is -2.47. The number of ether oxygens (including phenoxy) is 2. The van der Waals surface area contributed by atoms with Crippen LogP contribution >= 0.6 is 0 Å². The number of carbonyl (C=O) groups excluding carboxylic acids is 2. The molecule has 0 radical (unpaired) electrons. The second kappa shape index (κ2) is 9.95. The number of carbonyl (C=O) groups is 2. The summed E-state index contributed by atoms with van der Waals surface area (Å²) in [7, 11) is 0. The van der Waals surface area contributed by atoms with Crippen LogP contribution in [0.25, 0.3) is 0 Å². The first kappa shape index (κ1) is 21.4. The van der Waals surface area contributed by atoms with Crippen molar-refractivity contribution in [2.45, 2.75) is 71.1 Å². The van der Waals surface area contributed by atoms with Gasteiger partial charge in [0.15, 0.2) is 0 Å². The van der Waals surface area contributed by atoms with Crippen LogP contribution in [0.4, 0.5) is 4.79 Å². The Hall–Kier alpha value is -2.30. The van der Waals surface area contributed by atoms with Crippen LogP contribution in [-0.4, -0.2) is 30.3 Å². The van der Waals surface area contributed by atoms with E-state index >= 15 is 0 Å². The topological polar surface area (TPSA) is 64.6 Å². The van der Waals surface area contributed by atoms with Crippen molar-refractivity contribution in [1.29, 1.82) is 0 Å². The lowest BCUT2D eigenvalue weighted by Gasteiger charge is -2.37. The number of nitrogens with one attached hydrogen (secondary N) is 1. The van der Waals surface area contributed by atoms with Gasteiger partial charge in [-0.1, -0.05) is 57.5 Å². The van der Waals surface area contributed by atoms with Crippen molar-refractivity contribution >= 4 is 12.1 Å². The van der Waals surface area contributed by atoms with E-state index in [1.54, 1.807) is 24.3 Å². The van der Waals surface area contributed by atoms with E-state index in [4.69, 9.17) is 9.47 Å². The summed E-state index contributed by atoms with van der Waals surface area (Å²) >= 11 is 0. The van der Waals surface area contributed by atoms with Crippen LogP contribution in [0.2, 0.25) is 0 Å². The number of amides is 1. The molecule has 29 heavy (non-hydrogen) atoms. The minimum absolute atomic E-state index is 0.0587. The Morgan fingerprint density at radius 2 is 1.79 bits per heavy atom. The van der Waals surface area contributed by atoms with Crippen molar-refractivity contribution in [3.63, 3.8) is 0 Å². The fourth-order valence-electron chi connectivity index (χ4n) is 4.42. The molecular formula is C24H33NO4.